The van der Waals surface area contributed by atoms with Crippen molar-refractivity contribution in [2.75, 3.05) is 13.2 Å². The van der Waals surface area contributed by atoms with Crippen LogP contribution in [-0.4, -0.2) is 25.3 Å². The van der Waals surface area contributed by atoms with Gasteiger partial charge in [-0.25, -0.2) is 4.99 Å². The first-order chi connectivity index (χ1) is 11.2. The third-order valence-electron chi connectivity index (χ3n) is 3.02. The fourth-order valence-corrected chi connectivity index (χ4v) is 3.06. The number of nitrogens with zero attached hydrogens (tertiary/aromatic N) is 1. The number of benzene rings is 1. The highest BCUT2D eigenvalue weighted by atomic mass is 79.9. The van der Waals surface area contributed by atoms with E-state index in [0.717, 1.165) is 22.2 Å². The average Bonchev–Trinajstić information content (AvgIpc) is 3.01. The van der Waals surface area contributed by atoms with Gasteiger partial charge >= 0.3 is 0 Å². The third kappa shape index (κ3) is 4.91. The van der Waals surface area contributed by atoms with E-state index in [4.69, 9.17) is 4.74 Å². The van der Waals surface area contributed by atoms with Crippen LogP contribution in [-0.2, 0) is 0 Å². The molecule has 0 fully saturated rings. The molecule has 0 bridgehead atoms. The summed E-state index contributed by atoms with van der Waals surface area (Å²) in [4.78, 5) is 16.6. The van der Waals surface area contributed by atoms with E-state index in [-0.39, 0.29) is 5.91 Å². The number of thiophene rings is 1. The number of carbonyl (C=O) groups is 1. The van der Waals surface area contributed by atoms with E-state index in [1.807, 2.05) is 37.4 Å². The van der Waals surface area contributed by atoms with Gasteiger partial charge in [0.25, 0.3) is 5.91 Å². The van der Waals surface area contributed by atoms with Gasteiger partial charge in [0.05, 0.1) is 12.2 Å². The molecule has 2 aromatic rings. The molecule has 0 aliphatic rings. The summed E-state index contributed by atoms with van der Waals surface area (Å²) in [6.45, 7) is 5.22. The molecule has 4 nitrogen and oxygen atoms in total. The molecular weight excluding hydrogens is 376 g/mol. The second-order valence-corrected chi connectivity index (χ2v) is 6.58. The molecule has 0 unspecified atom stereocenters. The Bertz CT molecular complexity index is 698. The second kappa shape index (κ2) is 8.84. The number of nitrogens with one attached hydrogen (secondary N) is 1. The number of aliphatic imine (C=N–C) groups is 1. The summed E-state index contributed by atoms with van der Waals surface area (Å²) in [5.74, 6) is 0.688. The molecule has 0 radical (unpaired) electrons. The van der Waals surface area contributed by atoms with Crippen molar-refractivity contribution in [3.05, 3.63) is 45.2 Å². The van der Waals surface area contributed by atoms with Crippen LogP contribution in [0.15, 0.2) is 39.1 Å². The molecule has 1 aromatic carbocycles. The maximum atomic E-state index is 12.1. The minimum atomic E-state index is -0.0838. The second-order valence-electron chi connectivity index (χ2n) is 4.77. The van der Waals surface area contributed by atoms with Crippen LogP contribution in [0.25, 0.3) is 0 Å². The molecule has 0 atom stereocenters. The molecular formula is C17H19BrN2O2S. The summed E-state index contributed by atoms with van der Waals surface area (Å²) >= 11 is 4.90. The Morgan fingerprint density at radius 2 is 2.22 bits per heavy atom. The number of carbonyl (C=O) groups excluding carboxylic acids is 1. The molecule has 1 heterocycles. The lowest BCUT2D eigenvalue weighted by molar-refractivity contribution is 0.0955. The fourth-order valence-electron chi connectivity index (χ4n) is 1.94. The van der Waals surface area contributed by atoms with Crippen LogP contribution in [0.3, 0.4) is 0 Å². The number of amides is 1. The molecule has 1 N–H and O–H groups in total. The van der Waals surface area contributed by atoms with E-state index < -0.39 is 0 Å². The fraction of sp³-hybridized carbons (Fsp3) is 0.294. The van der Waals surface area contributed by atoms with Crippen molar-refractivity contribution in [2.24, 2.45) is 4.99 Å². The van der Waals surface area contributed by atoms with Gasteiger partial charge in [-0.1, -0.05) is 22.9 Å². The van der Waals surface area contributed by atoms with Crippen molar-refractivity contribution in [1.29, 1.82) is 0 Å². The van der Waals surface area contributed by atoms with Gasteiger partial charge in [0.15, 0.2) is 0 Å². The van der Waals surface area contributed by atoms with Gasteiger partial charge in [0.1, 0.15) is 10.8 Å². The molecule has 0 aliphatic carbocycles. The van der Waals surface area contributed by atoms with E-state index in [9.17, 15) is 4.79 Å². The predicted octanol–water partition coefficient (Wildman–Crippen LogP) is 4.80. The normalized spacial score (nSPS) is 10.9. The quantitative estimate of drug-likeness (QED) is 0.685. The van der Waals surface area contributed by atoms with Gasteiger partial charge in [0.2, 0.25) is 0 Å². The number of halogens is 1. The number of hydrogen-bond acceptors (Lipinski definition) is 4. The zero-order valence-electron chi connectivity index (χ0n) is 13.1. The van der Waals surface area contributed by atoms with Crippen molar-refractivity contribution in [1.82, 2.24) is 5.32 Å². The Morgan fingerprint density at radius 1 is 1.39 bits per heavy atom. The first kappa shape index (κ1) is 17.7. The maximum Gasteiger partial charge on any atom is 0.254 e. The molecule has 1 amide bonds. The van der Waals surface area contributed by atoms with Gasteiger partial charge in [-0.15, -0.1) is 11.3 Å². The minimum Gasteiger partial charge on any atom is -0.493 e. The first-order valence-corrected chi connectivity index (χ1v) is 9.15. The van der Waals surface area contributed by atoms with E-state index in [1.54, 1.807) is 12.3 Å². The van der Waals surface area contributed by atoms with Crippen molar-refractivity contribution in [2.45, 2.75) is 20.3 Å². The Balaban J connectivity index is 2.23. The Labute approximate surface area is 148 Å². The molecule has 0 spiro atoms. The summed E-state index contributed by atoms with van der Waals surface area (Å²) in [6.07, 6.45) is 2.64. The molecule has 122 valence electrons. The van der Waals surface area contributed by atoms with Crippen LogP contribution >= 0.6 is 27.3 Å². The van der Waals surface area contributed by atoms with Crippen molar-refractivity contribution in [3.8, 4) is 5.75 Å². The summed E-state index contributed by atoms with van der Waals surface area (Å²) in [6, 6.07) is 7.57. The predicted molar refractivity (Wildman–Crippen MR) is 99.5 cm³/mol. The standard InChI is InChI=1S/C17H19BrN2O2S/c1-3-8-19-16(21)14-7-9-23-17(14)20-11-12-10-13(18)5-6-15(12)22-4-2/h5-7,9-11H,3-4,8H2,1-2H3,(H,19,21)/b20-11+. The number of ether oxygens (including phenoxy) is 1. The van der Waals surface area contributed by atoms with Crippen LogP contribution < -0.4 is 10.1 Å². The Hall–Kier alpha value is -1.66. The highest BCUT2D eigenvalue weighted by molar-refractivity contribution is 9.10. The molecule has 0 saturated carbocycles. The summed E-state index contributed by atoms with van der Waals surface area (Å²) in [5, 5.41) is 5.44. The van der Waals surface area contributed by atoms with Crippen LogP contribution in [0.2, 0.25) is 0 Å². The van der Waals surface area contributed by atoms with Gasteiger partial charge in [-0.3, -0.25) is 4.79 Å². The summed E-state index contributed by atoms with van der Waals surface area (Å²) in [5.41, 5.74) is 1.47. The smallest absolute Gasteiger partial charge is 0.254 e. The van der Waals surface area contributed by atoms with Crippen LogP contribution in [0.1, 0.15) is 36.2 Å². The highest BCUT2D eigenvalue weighted by Crippen LogP contribution is 2.28. The number of rotatable bonds is 7. The minimum absolute atomic E-state index is 0.0838. The monoisotopic (exact) mass is 394 g/mol. The van der Waals surface area contributed by atoms with Crippen molar-refractivity contribution < 1.29 is 9.53 Å². The third-order valence-corrected chi connectivity index (χ3v) is 4.33. The molecule has 0 saturated heterocycles. The lowest BCUT2D eigenvalue weighted by atomic mass is 10.2. The molecule has 23 heavy (non-hydrogen) atoms. The molecule has 1 aromatic heterocycles. The number of hydrogen-bond donors (Lipinski definition) is 1. The van der Waals surface area contributed by atoms with Gasteiger partial charge in [-0.05, 0) is 43.0 Å². The zero-order valence-corrected chi connectivity index (χ0v) is 15.5. The lowest BCUT2D eigenvalue weighted by Crippen LogP contribution is -2.23. The molecule has 0 aliphatic heterocycles. The van der Waals surface area contributed by atoms with Crippen LogP contribution in [0.5, 0.6) is 5.75 Å². The first-order valence-electron chi connectivity index (χ1n) is 7.47. The largest absolute Gasteiger partial charge is 0.493 e. The van der Waals surface area contributed by atoms with Crippen molar-refractivity contribution in [3.63, 3.8) is 0 Å². The van der Waals surface area contributed by atoms with Gasteiger partial charge < -0.3 is 10.1 Å². The SMILES string of the molecule is CCCNC(=O)c1ccsc1/N=C/c1cc(Br)ccc1OCC. The maximum absolute atomic E-state index is 12.1. The highest BCUT2D eigenvalue weighted by Gasteiger charge is 2.11. The van der Waals surface area contributed by atoms with Crippen LogP contribution in [0.4, 0.5) is 5.00 Å². The van der Waals surface area contributed by atoms with Crippen molar-refractivity contribution >= 4 is 44.4 Å². The summed E-state index contributed by atoms with van der Waals surface area (Å²) in [7, 11) is 0. The molecule has 6 heteroatoms. The molecule has 2 rings (SSSR count). The van der Waals surface area contributed by atoms with Crippen LogP contribution in [0, 0.1) is 0 Å². The van der Waals surface area contributed by atoms with E-state index in [1.165, 1.54) is 11.3 Å². The zero-order chi connectivity index (χ0) is 16.7. The Morgan fingerprint density at radius 3 is 2.96 bits per heavy atom. The van der Waals surface area contributed by atoms with Gasteiger partial charge in [-0.2, -0.15) is 0 Å². The topological polar surface area (TPSA) is 50.7 Å². The lowest BCUT2D eigenvalue weighted by Gasteiger charge is -2.07. The summed E-state index contributed by atoms with van der Waals surface area (Å²) < 4.78 is 6.56. The van der Waals surface area contributed by atoms with E-state index in [2.05, 4.69) is 26.2 Å². The Kier molecular flexibility index (Phi) is 6.80. The average molecular weight is 395 g/mol. The van der Waals surface area contributed by atoms with Gasteiger partial charge in [0, 0.05) is 22.8 Å². The van der Waals surface area contributed by atoms with E-state index >= 15 is 0 Å². The van der Waals surface area contributed by atoms with E-state index in [0.29, 0.717) is 23.7 Å².